The van der Waals surface area contributed by atoms with Crippen molar-refractivity contribution in [3.63, 3.8) is 0 Å². The Bertz CT molecular complexity index is 589. The standard InChI is InChI=1S/C12H17ClN2O4S/c1-3-19-7-8(2)15-12(16)9-4-10(13)6-11(5-9)20(14,17)18/h4-6,8H,3,7H2,1-2H3,(H,15,16)(H2,14,17,18). The molecule has 0 fully saturated rings. The van der Waals surface area contributed by atoms with Gasteiger partial charge in [-0.25, -0.2) is 13.6 Å². The van der Waals surface area contributed by atoms with E-state index in [0.29, 0.717) is 13.2 Å². The van der Waals surface area contributed by atoms with Gasteiger partial charge in [0.05, 0.1) is 11.5 Å². The van der Waals surface area contributed by atoms with Crippen LogP contribution >= 0.6 is 11.6 Å². The van der Waals surface area contributed by atoms with Crippen molar-refractivity contribution < 1.29 is 17.9 Å². The van der Waals surface area contributed by atoms with Gasteiger partial charge in [-0.05, 0) is 32.0 Å². The van der Waals surface area contributed by atoms with E-state index in [1.807, 2.05) is 6.92 Å². The lowest BCUT2D eigenvalue weighted by Crippen LogP contribution is -2.36. The van der Waals surface area contributed by atoms with E-state index < -0.39 is 15.9 Å². The van der Waals surface area contributed by atoms with Crippen molar-refractivity contribution in [2.24, 2.45) is 5.14 Å². The first-order chi connectivity index (χ1) is 9.24. The molecule has 6 nitrogen and oxygen atoms in total. The molecule has 1 rings (SSSR count). The Morgan fingerprint density at radius 2 is 2.10 bits per heavy atom. The molecule has 3 N–H and O–H groups in total. The van der Waals surface area contributed by atoms with Gasteiger partial charge in [-0.1, -0.05) is 11.6 Å². The molecule has 20 heavy (non-hydrogen) atoms. The fourth-order valence-corrected chi connectivity index (χ4v) is 2.38. The monoisotopic (exact) mass is 320 g/mol. The highest BCUT2D eigenvalue weighted by Gasteiger charge is 2.15. The predicted molar refractivity (Wildman–Crippen MR) is 76.2 cm³/mol. The van der Waals surface area contributed by atoms with Crippen LogP contribution in [0.3, 0.4) is 0 Å². The van der Waals surface area contributed by atoms with Crippen molar-refractivity contribution in [2.75, 3.05) is 13.2 Å². The zero-order valence-corrected chi connectivity index (χ0v) is 12.8. The molecule has 0 aliphatic rings. The molecule has 1 aromatic rings. The van der Waals surface area contributed by atoms with Crippen LogP contribution in [0, 0.1) is 0 Å². The summed E-state index contributed by atoms with van der Waals surface area (Å²) in [5.41, 5.74) is 0.130. The highest BCUT2D eigenvalue weighted by Crippen LogP contribution is 2.18. The molecule has 0 radical (unpaired) electrons. The first-order valence-electron chi connectivity index (χ1n) is 5.96. The Balaban J connectivity index is 2.91. The van der Waals surface area contributed by atoms with Gasteiger partial charge in [0.15, 0.2) is 0 Å². The second kappa shape index (κ2) is 7.03. The maximum absolute atomic E-state index is 12.0. The Morgan fingerprint density at radius 1 is 1.45 bits per heavy atom. The zero-order valence-electron chi connectivity index (χ0n) is 11.2. The summed E-state index contributed by atoms with van der Waals surface area (Å²) in [6.07, 6.45) is 0. The second-order valence-corrected chi connectivity index (χ2v) is 6.25. The minimum absolute atomic E-state index is 0.124. The molecule has 0 aromatic heterocycles. The van der Waals surface area contributed by atoms with Crippen molar-refractivity contribution in [1.29, 1.82) is 0 Å². The lowest BCUT2D eigenvalue weighted by Gasteiger charge is -2.14. The van der Waals surface area contributed by atoms with Gasteiger partial charge in [0, 0.05) is 23.2 Å². The van der Waals surface area contributed by atoms with Crippen molar-refractivity contribution in [2.45, 2.75) is 24.8 Å². The zero-order chi connectivity index (χ0) is 15.3. The number of primary sulfonamides is 1. The summed E-state index contributed by atoms with van der Waals surface area (Å²) in [6.45, 7) is 4.54. The molecule has 0 saturated heterocycles. The Labute approximate surface area is 123 Å². The van der Waals surface area contributed by atoms with Gasteiger partial charge in [0.25, 0.3) is 5.91 Å². The number of sulfonamides is 1. The second-order valence-electron chi connectivity index (χ2n) is 4.25. The number of hydrogen-bond donors (Lipinski definition) is 2. The summed E-state index contributed by atoms with van der Waals surface area (Å²) in [5.74, 6) is -0.440. The summed E-state index contributed by atoms with van der Waals surface area (Å²) in [5, 5.41) is 7.83. The van der Waals surface area contributed by atoms with Gasteiger partial charge in [0.2, 0.25) is 10.0 Å². The molecule has 0 heterocycles. The third kappa shape index (κ3) is 5.09. The van der Waals surface area contributed by atoms with E-state index in [1.54, 1.807) is 6.92 Å². The molecular weight excluding hydrogens is 304 g/mol. The van der Waals surface area contributed by atoms with Gasteiger partial charge in [-0.3, -0.25) is 4.79 Å². The molecule has 8 heteroatoms. The van der Waals surface area contributed by atoms with E-state index in [0.717, 1.165) is 0 Å². The third-order valence-electron chi connectivity index (χ3n) is 2.41. The number of hydrogen-bond acceptors (Lipinski definition) is 4. The third-order valence-corrected chi connectivity index (χ3v) is 3.52. The molecule has 0 aliphatic heterocycles. The SMILES string of the molecule is CCOCC(C)NC(=O)c1cc(Cl)cc(S(N)(=O)=O)c1. The molecular formula is C12H17ClN2O4S. The molecule has 0 saturated carbocycles. The number of nitrogens with two attached hydrogens (primary N) is 1. The lowest BCUT2D eigenvalue weighted by molar-refractivity contribution is 0.0872. The van der Waals surface area contributed by atoms with Crippen LogP contribution in [0.2, 0.25) is 5.02 Å². The molecule has 1 atom stereocenters. The van der Waals surface area contributed by atoms with Crippen molar-refractivity contribution >= 4 is 27.5 Å². The van der Waals surface area contributed by atoms with E-state index in [2.05, 4.69) is 5.32 Å². The minimum atomic E-state index is -3.91. The minimum Gasteiger partial charge on any atom is -0.380 e. The maximum atomic E-state index is 12.0. The summed E-state index contributed by atoms with van der Waals surface area (Å²) < 4.78 is 27.8. The average Bonchev–Trinajstić information content (AvgIpc) is 2.34. The number of nitrogens with one attached hydrogen (secondary N) is 1. The van der Waals surface area contributed by atoms with Crippen LogP contribution in [0.25, 0.3) is 0 Å². The van der Waals surface area contributed by atoms with Crippen molar-refractivity contribution in [3.8, 4) is 0 Å². The molecule has 0 spiro atoms. The number of halogens is 1. The molecule has 1 amide bonds. The van der Waals surface area contributed by atoms with Crippen LogP contribution < -0.4 is 10.5 Å². The summed E-state index contributed by atoms with van der Waals surface area (Å²) in [4.78, 5) is 11.8. The van der Waals surface area contributed by atoms with Crippen LogP contribution in [0.4, 0.5) is 0 Å². The van der Waals surface area contributed by atoms with Crippen LogP contribution in [0.1, 0.15) is 24.2 Å². The normalized spacial score (nSPS) is 13.0. The smallest absolute Gasteiger partial charge is 0.251 e. The topological polar surface area (TPSA) is 98.5 Å². The van der Waals surface area contributed by atoms with E-state index in [4.69, 9.17) is 21.5 Å². The number of amides is 1. The number of benzene rings is 1. The largest absolute Gasteiger partial charge is 0.380 e. The Kier molecular flexibility index (Phi) is 5.94. The van der Waals surface area contributed by atoms with Gasteiger partial charge in [-0.15, -0.1) is 0 Å². The summed E-state index contributed by atoms with van der Waals surface area (Å²) in [7, 11) is -3.91. The molecule has 1 unspecified atom stereocenters. The van der Waals surface area contributed by atoms with Gasteiger partial charge in [-0.2, -0.15) is 0 Å². The number of ether oxygens (including phenoxy) is 1. The van der Waals surface area contributed by atoms with Gasteiger partial charge < -0.3 is 10.1 Å². The van der Waals surface area contributed by atoms with Crippen LogP contribution in [0.15, 0.2) is 23.1 Å². The van der Waals surface area contributed by atoms with Crippen molar-refractivity contribution in [1.82, 2.24) is 5.32 Å². The fourth-order valence-electron chi connectivity index (χ4n) is 1.50. The average molecular weight is 321 g/mol. The van der Waals surface area contributed by atoms with E-state index >= 15 is 0 Å². The highest BCUT2D eigenvalue weighted by atomic mass is 35.5. The maximum Gasteiger partial charge on any atom is 0.251 e. The van der Waals surface area contributed by atoms with Crippen LogP contribution in [0.5, 0.6) is 0 Å². The number of carbonyl (C=O) groups is 1. The number of rotatable bonds is 6. The van der Waals surface area contributed by atoms with E-state index in [-0.39, 0.29) is 21.5 Å². The Hall–Kier alpha value is -1.15. The highest BCUT2D eigenvalue weighted by molar-refractivity contribution is 7.89. The van der Waals surface area contributed by atoms with Crippen LogP contribution in [-0.2, 0) is 14.8 Å². The van der Waals surface area contributed by atoms with E-state index in [1.165, 1.54) is 18.2 Å². The van der Waals surface area contributed by atoms with Gasteiger partial charge >= 0.3 is 0 Å². The van der Waals surface area contributed by atoms with E-state index in [9.17, 15) is 13.2 Å². The lowest BCUT2D eigenvalue weighted by atomic mass is 10.2. The molecule has 112 valence electrons. The number of carbonyl (C=O) groups excluding carboxylic acids is 1. The van der Waals surface area contributed by atoms with Crippen molar-refractivity contribution in [3.05, 3.63) is 28.8 Å². The molecule has 0 bridgehead atoms. The van der Waals surface area contributed by atoms with Crippen LogP contribution in [-0.4, -0.2) is 33.6 Å². The quantitative estimate of drug-likeness (QED) is 0.821. The molecule has 1 aromatic carbocycles. The summed E-state index contributed by atoms with van der Waals surface area (Å²) >= 11 is 5.80. The summed E-state index contributed by atoms with van der Waals surface area (Å²) in [6, 6.07) is 3.54. The Morgan fingerprint density at radius 3 is 2.65 bits per heavy atom. The molecule has 0 aliphatic carbocycles. The predicted octanol–water partition coefficient (Wildman–Crippen LogP) is 1.14. The van der Waals surface area contributed by atoms with Gasteiger partial charge in [0.1, 0.15) is 0 Å². The first kappa shape index (κ1) is 16.9. The first-order valence-corrected chi connectivity index (χ1v) is 7.88. The fraction of sp³-hybridized carbons (Fsp3) is 0.417.